The van der Waals surface area contributed by atoms with E-state index in [1.165, 1.54) is 0 Å². The van der Waals surface area contributed by atoms with E-state index in [0.29, 0.717) is 17.1 Å². The largest absolute Gasteiger partial charge is 0.348 e. The molecule has 2 rings (SSSR count). The predicted octanol–water partition coefficient (Wildman–Crippen LogP) is 4.03. The minimum absolute atomic E-state index is 0.176. The van der Waals surface area contributed by atoms with Crippen molar-refractivity contribution in [1.29, 1.82) is 0 Å². The van der Waals surface area contributed by atoms with Crippen LogP contribution in [0, 0.1) is 0 Å². The Morgan fingerprint density at radius 1 is 1.11 bits per heavy atom. The Morgan fingerprint density at radius 2 is 1.83 bits per heavy atom. The van der Waals surface area contributed by atoms with Crippen LogP contribution in [0.3, 0.4) is 0 Å². The lowest BCUT2D eigenvalue weighted by Crippen LogP contribution is -2.23. The van der Waals surface area contributed by atoms with Gasteiger partial charge in [0.15, 0.2) is 0 Å². The summed E-state index contributed by atoms with van der Waals surface area (Å²) in [6.07, 6.45) is 0. The Kier molecular flexibility index (Phi) is 4.39. The number of halogens is 2. The van der Waals surface area contributed by atoms with Gasteiger partial charge in [0.05, 0.1) is 10.6 Å². The van der Waals surface area contributed by atoms with Crippen molar-refractivity contribution in [3.05, 3.63) is 69.2 Å². The van der Waals surface area contributed by atoms with Crippen LogP contribution in [0.5, 0.6) is 0 Å². The van der Waals surface area contributed by atoms with Gasteiger partial charge in [0, 0.05) is 11.0 Å². The molecule has 0 aliphatic carbocycles. The molecule has 0 heterocycles. The van der Waals surface area contributed by atoms with E-state index in [-0.39, 0.29) is 5.91 Å². The molecular formula is C14H11BrClNO. The summed E-state index contributed by atoms with van der Waals surface area (Å²) in [5, 5.41) is 3.27. The summed E-state index contributed by atoms with van der Waals surface area (Å²) in [5.74, 6) is -0.176. The third-order valence-corrected chi connectivity index (χ3v) is 3.79. The van der Waals surface area contributed by atoms with Crippen molar-refractivity contribution >= 4 is 33.4 Å². The highest BCUT2D eigenvalue weighted by Crippen LogP contribution is 2.25. The van der Waals surface area contributed by atoms with Gasteiger partial charge in [0.1, 0.15) is 0 Å². The first-order valence-electron chi connectivity index (χ1n) is 5.44. The third-order valence-electron chi connectivity index (χ3n) is 2.49. The second-order valence-corrected chi connectivity index (χ2v) is 5.00. The molecule has 0 unspecified atom stereocenters. The summed E-state index contributed by atoms with van der Waals surface area (Å²) in [4.78, 5) is 12.0. The van der Waals surface area contributed by atoms with Gasteiger partial charge < -0.3 is 5.32 Å². The Hall–Kier alpha value is -1.32. The summed E-state index contributed by atoms with van der Waals surface area (Å²) in [6, 6.07) is 15.0. The zero-order chi connectivity index (χ0) is 13.0. The lowest BCUT2D eigenvalue weighted by Gasteiger charge is -2.07. The smallest absolute Gasteiger partial charge is 0.253 e. The lowest BCUT2D eigenvalue weighted by molar-refractivity contribution is 0.0951. The molecule has 0 atom stereocenters. The minimum Gasteiger partial charge on any atom is -0.348 e. The van der Waals surface area contributed by atoms with Gasteiger partial charge in [0.2, 0.25) is 0 Å². The third kappa shape index (κ3) is 3.12. The summed E-state index contributed by atoms with van der Waals surface area (Å²) < 4.78 is 0.719. The van der Waals surface area contributed by atoms with E-state index in [4.69, 9.17) is 11.6 Å². The minimum atomic E-state index is -0.176. The van der Waals surface area contributed by atoms with Crippen molar-refractivity contribution in [3.8, 4) is 0 Å². The Bertz CT molecular complexity index is 557. The molecule has 0 aliphatic rings. The molecule has 4 heteroatoms. The van der Waals surface area contributed by atoms with Crippen molar-refractivity contribution in [2.24, 2.45) is 0 Å². The predicted molar refractivity (Wildman–Crippen MR) is 76.8 cm³/mol. The second-order valence-electron chi connectivity index (χ2n) is 3.77. The quantitative estimate of drug-likeness (QED) is 0.907. The zero-order valence-electron chi connectivity index (χ0n) is 9.49. The molecule has 0 aliphatic heterocycles. The monoisotopic (exact) mass is 323 g/mol. The van der Waals surface area contributed by atoms with Crippen molar-refractivity contribution in [1.82, 2.24) is 5.32 Å². The molecule has 0 bridgehead atoms. The van der Waals surface area contributed by atoms with Gasteiger partial charge in [-0.3, -0.25) is 4.79 Å². The van der Waals surface area contributed by atoms with E-state index in [1.54, 1.807) is 18.2 Å². The van der Waals surface area contributed by atoms with Gasteiger partial charge in [-0.2, -0.15) is 0 Å². The lowest BCUT2D eigenvalue weighted by atomic mass is 10.2. The number of rotatable bonds is 3. The maximum atomic E-state index is 12.0. The molecule has 2 aromatic carbocycles. The number of carbonyl (C=O) groups is 1. The highest BCUT2D eigenvalue weighted by molar-refractivity contribution is 9.10. The molecule has 0 spiro atoms. The topological polar surface area (TPSA) is 29.1 Å². The van der Waals surface area contributed by atoms with Crippen LogP contribution in [-0.2, 0) is 6.54 Å². The molecule has 0 radical (unpaired) electrons. The number of benzene rings is 2. The zero-order valence-corrected chi connectivity index (χ0v) is 11.8. The standard InChI is InChI=1S/C14H11BrClNO/c15-12-8-4-7-11(13(12)16)14(18)17-9-10-5-2-1-3-6-10/h1-8H,9H2,(H,17,18). The van der Waals surface area contributed by atoms with Gasteiger partial charge >= 0.3 is 0 Å². The van der Waals surface area contributed by atoms with E-state index >= 15 is 0 Å². The fourth-order valence-electron chi connectivity index (χ4n) is 1.55. The number of nitrogens with one attached hydrogen (secondary N) is 1. The van der Waals surface area contributed by atoms with E-state index in [2.05, 4.69) is 21.2 Å². The molecule has 18 heavy (non-hydrogen) atoms. The molecule has 0 saturated carbocycles. The molecule has 1 N–H and O–H groups in total. The van der Waals surface area contributed by atoms with Crippen LogP contribution in [0.25, 0.3) is 0 Å². The average molecular weight is 325 g/mol. The summed E-state index contributed by atoms with van der Waals surface area (Å²) in [6.45, 7) is 0.489. The average Bonchev–Trinajstić information content (AvgIpc) is 2.40. The molecule has 2 nitrogen and oxygen atoms in total. The first-order chi connectivity index (χ1) is 8.68. The highest BCUT2D eigenvalue weighted by Gasteiger charge is 2.11. The summed E-state index contributed by atoms with van der Waals surface area (Å²) in [7, 11) is 0. The molecule has 92 valence electrons. The first kappa shape index (κ1) is 13.1. The molecular weight excluding hydrogens is 314 g/mol. The van der Waals surface area contributed by atoms with Gasteiger partial charge in [0.25, 0.3) is 5.91 Å². The molecule has 0 fully saturated rings. The Morgan fingerprint density at radius 3 is 2.56 bits per heavy atom. The molecule has 0 saturated heterocycles. The maximum absolute atomic E-state index is 12.0. The first-order valence-corrected chi connectivity index (χ1v) is 6.61. The Balaban J connectivity index is 2.07. The number of amides is 1. The van der Waals surface area contributed by atoms with Gasteiger partial charge in [-0.15, -0.1) is 0 Å². The molecule has 2 aromatic rings. The van der Waals surface area contributed by atoms with Gasteiger partial charge in [-0.25, -0.2) is 0 Å². The van der Waals surface area contributed by atoms with Crippen molar-refractivity contribution in [2.45, 2.75) is 6.54 Å². The number of carbonyl (C=O) groups excluding carboxylic acids is 1. The second kappa shape index (κ2) is 6.03. The van der Waals surface area contributed by atoms with Crippen molar-refractivity contribution < 1.29 is 4.79 Å². The fraction of sp³-hybridized carbons (Fsp3) is 0.0714. The van der Waals surface area contributed by atoms with Crippen molar-refractivity contribution in [3.63, 3.8) is 0 Å². The van der Waals surface area contributed by atoms with Crippen LogP contribution in [0.2, 0.25) is 5.02 Å². The van der Waals surface area contributed by atoms with Crippen molar-refractivity contribution in [2.75, 3.05) is 0 Å². The maximum Gasteiger partial charge on any atom is 0.253 e. The summed E-state index contributed by atoms with van der Waals surface area (Å²) >= 11 is 9.36. The normalized spacial score (nSPS) is 10.1. The van der Waals surface area contributed by atoms with Crippen LogP contribution in [0.1, 0.15) is 15.9 Å². The van der Waals surface area contributed by atoms with Crippen LogP contribution < -0.4 is 5.32 Å². The van der Waals surface area contributed by atoms with E-state index in [1.807, 2.05) is 30.3 Å². The fourth-order valence-corrected chi connectivity index (χ4v) is 2.13. The highest BCUT2D eigenvalue weighted by atomic mass is 79.9. The number of hydrogen-bond acceptors (Lipinski definition) is 1. The van der Waals surface area contributed by atoms with Crippen LogP contribution in [-0.4, -0.2) is 5.91 Å². The van der Waals surface area contributed by atoms with Gasteiger partial charge in [-0.1, -0.05) is 48.0 Å². The van der Waals surface area contributed by atoms with E-state index < -0.39 is 0 Å². The Labute approximate surface area is 119 Å². The summed E-state index contributed by atoms with van der Waals surface area (Å²) in [5.41, 5.74) is 1.53. The van der Waals surface area contributed by atoms with Gasteiger partial charge in [-0.05, 0) is 33.6 Å². The van der Waals surface area contributed by atoms with E-state index in [0.717, 1.165) is 10.0 Å². The molecule has 0 aromatic heterocycles. The molecule has 1 amide bonds. The van der Waals surface area contributed by atoms with Crippen LogP contribution >= 0.6 is 27.5 Å². The van der Waals surface area contributed by atoms with Crippen LogP contribution in [0.15, 0.2) is 53.0 Å². The van der Waals surface area contributed by atoms with E-state index in [9.17, 15) is 4.79 Å². The van der Waals surface area contributed by atoms with Crippen LogP contribution in [0.4, 0.5) is 0 Å². The number of hydrogen-bond donors (Lipinski definition) is 1. The SMILES string of the molecule is O=C(NCc1ccccc1)c1cccc(Br)c1Cl.